The van der Waals surface area contributed by atoms with Crippen LogP contribution < -0.4 is 16.2 Å². The lowest BCUT2D eigenvalue weighted by Crippen LogP contribution is -2.42. The van der Waals surface area contributed by atoms with Gasteiger partial charge in [-0.05, 0) is 19.9 Å². The number of hydrogen-bond acceptors (Lipinski definition) is 7. The van der Waals surface area contributed by atoms with Gasteiger partial charge in [0.05, 0.1) is 18.0 Å². The summed E-state index contributed by atoms with van der Waals surface area (Å²) >= 11 is 0. The minimum Gasteiger partial charge on any atom is -0.451 e. The average molecular weight is 390 g/mol. The Morgan fingerprint density at radius 3 is 2.50 bits per heavy atom. The van der Waals surface area contributed by atoms with E-state index in [0.29, 0.717) is 17.4 Å². The van der Waals surface area contributed by atoms with Gasteiger partial charge in [0.2, 0.25) is 0 Å². The molecule has 2 rings (SSSR count). The third-order valence-electron chi connectivity index (χ3n) is 3.69. The van der Waals surface area contributed by atoms with Gasteiger partial charge in [-0.2, -0.15) is 5.10 Å². The number of ether oxygens (including phenoxy) is 2. The van der Waals surface area contributed by atoms with Crippen LogP contribution in [0.1, 0.15) is 30.4 Å². The van der Waals surface area contributed by atoms with Crippen molar-refractivity contribution in [2.24, 2.45) is 0 Å². The summed E-state index contributed by atoms with van der Waals surface area (Å²) in [6.45, 7) is 3.36. The van der Waals surface area contributed by atoms with Crippen LogP contribution in [-0.4, -0.2) is 54.6 Å². The molecule has 0 aliphatic rings. The van der Waals surface area contributed by atoms with Crippen LogP contribution in [0.15, 0.2) is 29.1 Å². The quantitative estimate of drug-likeness (QED) is 0.523. The number of imide groups is 1. The summed E-state index contributed by atoms with van der Waals surface area (Å²) in [6.07, 6.45) is 0. The van der Waals surface area contributed by atoms with Gasteiger partial charge in [0.1, 0.15) is 0 Å². The van der Waals surface area contributed by atoms with E-state index in [-0.39, 0.29) is 23.8 Å². The molecule has 1 aromatic carbocycles. The SMILES string of the molecule is COCCNC(=O)NC(=O)COC(=O)c1nn(C(C)C)c(=O)c2ccccc12. The van der Waals surface area contributed by atoms with Crippen LogP contribution in [0.5, 0.6) is 0 Å². The number of nitrogens with zero attached hydrogens (tertiary/aromatic N) is 2. The molecule has 10 nitrogen and oxygen atoms in total. The second-order valence-electron chi connectivity index (χ2n) is 6.11. The maximum atomic E-state index is 12.5. The number of amides is 3. The fraction of sp³-hybridized carbons (Fsp3) is 0.389. The molecule has 0 radical (unpaired) electrons. The van der Waals surface area contributed by atoms with Crippen molar-refractivity contribution >= 4 is 28.7 Å². The summed E-state index contributed by atoms with van der Waals surface area (Å²) in [7, 11) is 1.48. The summed E-state index contributed by atoms with van der Waals surface area (Å²) in [6, 6.07) is 5.51. The molecule has 0 atom stereocenters. The third-order valence-corrected chi connectivity index (χ3v) is 3.69. The van der Waals surface area contributed by atoms with Gasteiger partial charge in [-0.15, -0.1) is 0 Å². The smallest absolute Gasteiger partial charge is 0.359 e. The lowest BCUT2D eigenvalue weighted by atomic mass is 10.1. The predicted molar refractivity (Wildman–Crippen MR) is 100 cm³/mol. The van der Waals surface area contributed by atoms with Crippen molar-refractivity contribution in [1.82, 2.24) is 20.4 Å². The number of nitrogens with one attached hydrogen (secondary N) is 2. The Morgan fingerprint density at radius 1 is 1.18 bits per heavy atom. The predicted octanol–water partition coefficient (Wildman–Crippen LogP) is 0.606. The number of esters is 1. The van der Waals surface area contributed by atoms with E-state index in [1.54, 1.807) is 38.1 Å². The van der Waals surface area contributed by atoms with Crippen LogP contribution in [0.25, 0.3) is 10.8 Å². The highest BCUT2D eigenvalue weighted by molar-refractivity contribution is 6.03. The number of rotatable bonds is 7. The van der Waals surface area contributed by atoms with Crippen molar-refractivity contribution in [2.75, 3.05) is 26.9 Å². The van der Waals surface area contributed by atoms with E-state index in [2.05, 4.69) is 10.4 Å². The van der Waals surface area contributed by atoms with Gasteiger partial charge in [-0.1, -0.05) is 18.2 Å². The van der Waals surface area contributed by atoms with Crippen LogP contribution in [0.4, 0.5) is 4.79 Å². The van der Waals surface area contributed by atoms with Crippen molar-refractivity contribution in [3.8, 4) is 0 Å². The Kier molecular flexibility index (Phi) is 7.21. The van der Waals surface area contributed by atoms with E-state index in [1.165, 1.54) is 11.8 Å². The normalized spacial score (nSPS) is 10.7. The highest BCUT2D eigenvalue weighted by Crippen LogP contribution is 2.15. The molecule has 2 aromatic rings. The largest absolute Gasteiger partial charge is 0.451 e. The number of hydrogen-bond donors (Lipinski definition) is 2. The van der Waals surface area contributed by atoms with Gasteiger partial charge in [0, 0.05) is 19.0 Å². The van der Waals surface area contributed by atoms with Crippen molar-refractivity contribution < 1.29 is 23.9 Å². The second-order valence-corrected chi connectivity index (χ2v) is 6.11. The number of carbonyl (C=O) groups is 3. The zero-order valence-electron chi connectivity index (χ0n) is 15.9. The summed E-state index contributed by atoms with van der Waals surface area (Å²) in [5, 5.41) is 9.16. The average Bonchev–Trinajstić information content (AvgIpc) is 2.66. The summed E-state index contributed by atoms with van der Waals surface area (Å²) in [5.74, 6) is -1.68. The third kappa shape index (κ3) is 5.13. The molecule has 2 N–H and O–H groups in total. The monoisotopic (exact) mass is 390 g/mol. The molecule has 150 valence electrons. The van der Waals surface area contributed by atoms with Gasteiger partial charge < -0.3 is 14.8 Å². The molecule has 0 aliphatic carbocycles. The molecule has 3 amide bonds. The van der Waals surface area contributed by atoms with Gasteiger partial charge in [-0.3, -0.25) is 14.9 Å². The highest BCUT2D eigenvalue weighted by atomic mass is 16.5. The van der Waals surface area contributed by atoms with Crippen molar-refractivity contribution in [2.45, 2.75) is 19.9 Å². The minimum absolute atomic E-state index is 0.0822. The standard InChI is InChI=1S/C18H22N4O6/c1-11(2)22-16(24)13-7-5-4-6-12(13)15(21-22)17(25)28-10-14(23)20-18(26)19-8-9-27-3/h4-7,11H,8-10H2,1-3H3,(H2,19,20,23,26). The Labute approximate surface area is 160 Å². The maximum absolute atomic E-state index is 12.5. The van der Waals surface area contributed by atoms with Gasteiger partial charge in [0.15, 0.2) is 12.3 Å². The first kappa shape index (κ1) is 21.0. The molecular weight excluding hydrogens is 368 g/mol. The van der Waals surface area contributed by atoms with E-state index in [0.717, 1.165) is 0 Å². The Bertz CT molecular complexity index is 937. The van der Waals surface area contributed by atoms with Crippen molar-refractivity contribution in [3.63, 3.8) is 0 Å². The molecular formula is C18H22N4O6. The summed E-state index contributed by atoms with van der Waals surface area (Å²) < 4.78 is 10.9. The zero-order valence-corrected chi connectivity index (χ0v) is 15.9. The van der Waals surface area contributed by atoms with E-state index in [9.17, 15) is 19.2 Å². The maximum Gasteiger partial charge on any atom is 0.359 e. The first-order valence-electron chi connectivity index (χ1n) is 8.60. The van der Waals surface area contributed by atoms with E-state index < -0.39 is 24.5 Å². The minimum atomic E-state index is -0.874. The van der Waals surface area contributed by atoms with Crippen molar-refractivity contribution in [3.05, 3.63) is 40.3 Å². The number of methoxy groups -OCH3 is 1. The van der Waals surface area contributed by atoms with Gasteiger partial charge in [0.25, 0.3) is 11.5 Å². The number of benzene rings is 1. The first-order valence-corrected chi connectivity index (χ1v) is 8.60. The van der Waals surface area contributed by atoms with Crippen molar-refractivity contribution in [1.29, 1.82) is 0 Å². The molecule has 0 saturated carbocycles. The van der Waals surface area contributed by atoms with Gasteiger partial charge >= 0.3 is 12.0 Å². The fourth-order valence-electron chi connectivity index (χ4n) is 2.38. The highest BCUT2D eigenvalue weighted by Gasteiger charge is 2.20. The van der Waals surface area contributed by atoms with E-state index >= 15 is 0 Å². The molecule has 0 saturated heterocycles. The van der Waals surface area contributed by atoms with Crippen LogP contribution in [0.3, 0.4) is 0 Å². The number of aromatic nitrogens is 2. The molecule has 28 heavy (non-hydrogen) atoms. The fourth-order valence-corrected chi connectivity index (χ4v) is 2.38. The van der Waals surface area contributed by atoms with Crippen LogP contribution in [-0.2, 0) is 14.3 Å². The zero-order chi connectivity index (χ0) is 20.7. The molecule has 1 aromatic heterocycles. The molecule has 0 unspecified atom stereocenters. The van der Waals surface area contributed by atoms with Crippen LogP contribution in [0.2, 0.25) is 0 Å². The number of carbonyl (C=O) groups excluding carboxylic acids is 3. The lowest BCUT2D eigenvalue weighted by Gasteiger charge is -2.13. The Morgan fingerprint density at radius 2 is 1.86 bits per heavy atom. The van der Waals surface area contributed by atoms with E-state index in [4.69, 9.17) is 9.47 Å². The lowest BCUT2D eigenvalue weighted by molar-refractivity contribution is -0.123. The topological polar surface area (TPSA) is 129 Å². The first-order chi connectivity index (χ1) is 13.3. The molecule has 1 heterocycles. The van der Waals surface area contributed by atoms with E-state index in [1.807, 2.05) is 5.32 Å². The Balaban J connectivity index is 2.11. The Hall–Kier alpha value is -3.27. The second kappa shape index (κ2) is 9.60. The molecule has 10 heteroatoms. The number of fused-ring (bicyclic) bond motifs is 1. The molecule has 0 bridgehead atoms. The van der Waals surface area contributed by atoms with Crippen LogP contribution >= 0.6 is 0 Å². The molecule has 0 spiro atoms. The number of urea groups is 1. The van der Waals surface area contributed by atoms with Crippen LogP contribution in [0, 0.1) is 0 Å². The summed E-state index contributed by atoms with van der Waals surface area (Å²) in [5.41, 5.74) is -0.408. The molecule has 0 aliphatic heterocycles. The molecule has 0 fully saturated rings. The summed E-state index contributed by atoms with van der Waals surface area (Å²) in [4.78, 5) is 48.2. The van der Waals surface area contributed by atoms with Gasteiger partial charge in [-0.25, -0.2) is 14.3 Å².